The highest BCUT2D eigenvalue weighted by atomic mass is 16.2. The largest absolute Gasteiger partial charge is 0.288 e. The van der Waals surface area contributed by atoms with Crippen LogP contribution in [0.15, 0.2) is 54.7 Å². The fourth-order valence-electron chi connectivity index (χ4n) is 2.19. The minimum Gasteiger partial charge on any atom is -0.273 e. The van der Waals surface area contributed by atoms with E-state index in [1.165, 1.54) is 6.20 Å². The molecular formula is C17H19N3O2. The van der Waals surface area contributed by atoms with E-state index in [0.29, 0.717) is 0 Å². The maximum Gasteiger partial charge on any atom is 0.288 e. The summed E-state index contributed by atoms with van der Waals surface area (Å²) in [5, 5.41) is 0. The molecule has 0 saturated carbocycles. The van der Waals surface area contributed by atoms with Crippen LogP contribution in [-0.2, 0) is 4.79 Å². The number of benzene rings is 1. The smallest absolute Gasteiger partial charge is 0.273 e. The highest BCUT2D eigenvalue weighted by molar-refractivity contribution is 5.94. The highest BCUT2D eigenvalue weighted by Gasteiger charge is 2.20. The monoisotopic (exact) mass is 297 g/mol. The second kappa shape index (κ2) is 7.93. The quantitative estimate of drug-likeness (QED) is 0.833. The number of hydrazine groups is 1. The van der Waals surface area contributed by atoms with Crippen molar-refractivity contribution >= 4 is 11.8 Å². The Hall–Kier alpha value is -2.69. The fourth-order valence-corrected chi connectivity index (χ4v) is 2.19. The van der Waals surface area contributed by atoms with Crippen molar-refractivity contribution in [3.63, 3.8) is 0 Å². The van der Waals surface area contributed by atoms with Gasteiger partial charge in [0.05, 0.1) is 5.92 Å². The summed E-state index contributed by atoms with van der Waals surface area (Å²) in [6.07, 6.45) is 3.12. The lowest BCUT2D eigenvalue weighted by Gasteiger charge is -2.16. The van der Waals surface area contributed by atoms with Crippen LogP contribution in [0.25, 0.3) is 0 Å². The van der Waals surface area contributed by atoms with Gasteiger partial charge >= 0.3 is 0 Å². The molecule has 114 valence electrons. The number of rotatable bonds is 5. The number of carbonyl (C=O) groups excluding carboxylic acids is 2. The molecule has 2 rings (SSSR count). The first-order chi connectivity index (χ1) is 10.7. The lowest BCUT2D eigenvalue weighted by atomic mass is 9.94. The van der Waals surface area contributed by atoms with Crippen molar-refractivity contribution in [2.24, 2.45) is 0 Å². The minimum absolute atomic E-state index is 0.225. The molecule has 0 saturated heterocycles. The summed E-state index contributed by atoms with van der Waals surface area (Å²) < 4.78 is 0. The number of pyridine rings is 1. The molecule has 1 aromatic heterocycles. The van der Waals surface area contributed by atoms with Gasteiger partial charge in [-0.3, -0.25) is 25.4 Å². The summed E-state index contributed by atoms with van der Waals surface area (Å²) in [4.78, 5) is 28.1. The molecular weight excluding hydrogens is 278 g/mol. The van der Waals surface area contributed by atoms with Gasteiger partial charge < -0.3 is 0 Å². The van der Waals surface area contributed by atoms with Gasteiger partial charge in [-0.2, -0.15) is 0 Å². The van der Waals surface area contributed by atoms with Crippen LogP contribution in [0.3, 0.4) is 0 Å². The Kier molecular flexibility index (Phi) is 5.65. The number of aromatic nitrogens is 1. The molecule has 0 spiro atoms. The number of nitrogens with one attached hydrogen (secondary N) is 2. The second-order valence-corrected chi connectivity index (χ2v) is 4.91. The fraction of sp³-hybridized carbons (Fsp3) is 0.235. The van der Waals surface area contributed by atoms with Crippen LogP contribution < -0.4 is 10.9 Å². The lowest BCUT2D eigenvalue weighted by molar-refractivity contribution is -0.123. The van der Waals surface area contributed by atoms with Crippen molar-refractivity contribution in [1.82, 2.24) is 15.8 Å². The van der Waals surface area contributed by atoms with Crippen molar-refractivity contribution in [2.45, 2.75) is 25.7 Å². The number of amides is 2. The van der Waals surface area contributed by atoms with Gasteiger partial charge in [-0.25, -0.2) is 0 Å². The first-order valence-corrected chi connectivity index (χ1v) is 7.28. The van der Waals surface area contributed by atoms with Gasteiger partial charge in [-0.1, -0.05) is 49.7 Å². The SMILES string of the molecule is CCC[C@H](C(=O)NNC(=O)c1ccccn1)c1ccccc1. The van der Waals surface area contributed by atoms with Crippen molar-refractivity contribution in [3.05, 3.63) is 66.0 Å². The van der Waals surface area contributed by atoms with Gasteiger partial charge in [-0.05, 0) is 24.1 Å². The van der Waals surface area contributed by atoms with Crippen molar-refractivity contribution in [2.75, 3.05) is 0 Å². The third-order valence-electron chi connectivity index (χ3n) is 3.29. The Balaban J connectivity index is 1.99. The number of hydrogen-bond acceptors (Lipinski definition) is 3. The van der Waals surface area contributed by atoms with Gasteiger partial charge in [0.15, 0.2) is 0 Å². The Morgan fingerprint density at radius 3 is 2.41 bits per heavy atom. The molecule has 0 unspecified atom stereocenters. The summed E-state index contributed by atoms with van der Waals surface area (Å²) in [5.41, 5.74) is 6.09. The van der Waals surface area contributed by atoms with Crippen LogP contribution in [0, 0.1) is 0 Å². The molecule has 0 fully saturated rings. The van der Waals surface area contributed by atoms with E-state index in [1.54, 1.807) is 18.2 Å². The maximum absolute atomic E-state index is 12.3. The number of carbonyl (C=O) groups is 2. The summed E-state index contributed by atoms with van der Waals surface area (Å²) in [6.45, 7) is 2.02. The Morgan fingerprint density at radius 2 is 1.77 bits per heavy atom. The molecule has 0 bridgehead atoms. The lowest BCUT2D eigenvalue weighted by Crippen LogP contribution is -2.44. The summed E-state index contributed by atoms with van der Waals surface area (Å²) in [5.74, 6) is -0.940. The molecule has 1 atom stereocenters. The number of nitrogens with zero attached hydrogens (tertiary/aromatic N) is 1. The number of hydrogen-bond donors (Lipinski definition) is 2. The Morgan fingerprint density at radius 1 is 1.05 bits per heavy atom. The Labute approximate surface area is 129 Å². The van der Waals surface area contributed by atoms with Crippen LogP contribution >= 0.6 is 0 Å². The summed E-state index contributed by atoms with van der Waals surface area (Å²) in [7, 11) is 0. The zero-order valence-corrected chi connectivity index (χ0v) is 12.5. The van der Waals surface area contributed by atoms with E-state index in [-0.39, 0.29) is 17.5 Å². The van der Waals surface area contributed by atoms with E-state index < -0.39 is 5.91 Å². The van der Waals surface area contributed by atoms with Crippen LogP contribution in [-0.4, -0.2) is 16.8 Å². The van der Waals surface area contributed by atoms with E-state index >= 15 is 0 Å². The van der Waals surface area contributed by atoms with Crippen molar-refractivity contribution < 1.29 is 9.59 Å². The first-order valence-electron chi connectivity index (χ1n) is 7.28. The summed E-state index contributed by atoms with van der Waals surface area (Å²) >= 11 is 0. The molecule has 5 nitrogen and oxygen atoms in total. The molecule has 2 aromatic rings. The van der Waals surface area contributed by atoms with Crippen LogP contribution in [0.1, 0.15) is 41.7 Å². The molecule has 2 amide bonds. The predicted molar refractivity (Wildman–Crippen MR) is 83.9 cm³/mol. The van der Waals surface area contributed by atoms with Gasteiger partial charge in [0, 0.05) is 6.20 Å². The molecule has 0 radical (unpaired) electrons. The van der Waals surface area contributed by atoms with Crippen molar-refractivity contribution in [3.8, 4) is 0 Å². The maximum atomic E-state index is 12.3. The molecule has 5 heteroatoms. The van der Waals surface area contributed by atoms with Gasteiger partial charge in [0.2, 0.25) is 5.91 Å². The van der Waals surface area contributed by atoms with Gasteiger partial charge in [-0.15, -0.1) is 0 Å². The average molecular weight is 297 g/mol. The van der Waals surface area contributed by atoms with E-state index in [4.69, 9.17) is 0 Å². The standard InChI is InChI=1S/C17H19N3O2/c1-2-8-14(13-9-4-3-5-10-13)16(21)19-20-17(22)15-11-6-7-12-18-15/h3-7,9-12,14H,2,8H2,1H3,(H,19,21)(H,20,22)/t14-/m0/s1. The van der Waals surface area contributed by atoms with Crippen molar-refractivity contribution in [1.29, 1.82) is 0 Å². The van der Waals surface area contributed by atoms with E-state index in [9.17, 15) is 9.59 Å². The van der Waals surface area contributed by atoms with Crippen LogP contribution in [0.4, 0.5) is 0 Å². The van der Waals surface area contributed by atoms with E-state index in [1.807, 2.05) is 37.3 Å². The van der Waals surface area contributed by atoms with Gasteiger partial charge in [0.25, 0.3) is 5.91 Å². The van der Waals surface area contributed by atoms with E-state index in [0.717, 1.165) is 18.4 Å². The zero-order valence-electron chi connectivity index (χ0n) is 12.5. The molecule has 0 aliphatic heterocycles. The molecule has 0 aliphatic rings. The summed E-state index contributed by atoms with van der Waals surface area (Å²) in [6, 6.07) is 14.6. The van der Waals surface area contributed by atoms with Crippen LogP contribution in [0.2, 0.25) is 0 Å². The Bertz CT molecular complexity index is 614. The molecule has 1 aromatic carbocycles. The minimum atomic E-state index is -0.433. The molecule has 2 N–H and O–H groups in total. The zero-order chi connectivity index (χ0) is 15.8. The normalized spacial score (nSPS) is 11.5. The first kappa shape index (κ1) is 15.7. The molecule has 1 heterocycles. The highest BCUT2D eigenvalue weighted by Crippen LogP contribution is 2.20. The van der Waals surface area contributed by atoms with Gasteiger partial charge in [0.1, 0.15) is 5.69 Å². The predicted octanol–water partition coefficient (Wildman–Crippen LogP) is 2.43. The third kappa shape index (κ3) is 4.15. The second-order valence-electron chi connectivity index (χ2n) is 4.91. The average Bonchev–Trinajstić information content (AvgIpc) is 2.58. The van der Waals surface area contributed by atoms with E-state index in [2.05, 4.69) is 15.8 Å². The molecule has 0 aliphatic carbocycles. The topological polar surface area (TPSA) is 71.1 Å². The third-order valence-corrected chi connectivity index (χ3v) is 3.29. The van der Waals surface area contributed by atoms with Crippen LogP contribution in [0.5, 0.6) is 0 Å². The molecule has 22 heavy (non-hydrogen) atoms.